The molecule has 1 saturated heterocycles. The Morgan fingerprint density at radius 3 is 2.17 bits per heavy atom. The molecule has 206 valence electrons. The first-order chi connectivity index (χ1) is 16.2. The number of hydrogen-bond acceptors (Lipinski definition) is 9. The number of nitrogens with two attached hydrogens (primary N) is 1. The number of ether oxygens (including phenoxy) is 1. The monoisotopic (exact) mass is 624 g/mol. The van der Waals surface area contributed by atoms with Crippen molar-refractivity contribution in [2.24, 2.45) is 5.73 Å². The van der Waals surface area contributed by atoms with Crippen LogP contribution >= 0.6 is 15.9 Å². The SMILES string of the molecule is CC(C)(C)[Si](C)(C)OCC1O[C@@H](n2cc(CBr)nn2)[C@H](O[Si](C)(C)C(C)(C)C)C12OS(=O)(=O)C=C2N. The first-order valence-electron chi connectivity index (χ1n) is 12.0. The van der Waals surface area contributed by atoms with E-state index in [1.165, 1.54) is 0 Å². The molecule has 0 radical (unpaired) electrons. The van der Waals surface area contributed by atoms with Gasteiger partial charge >= 0.3 is 0 Å². The summed E-state index contributed by atoms with van der Waals surface area (Å²) >= 11 is 3.40. The summed E-state index contributed by atoms with van der Waals surface area (Å²) in [7, 11) is -8.75. The van der Waals surface area contributed by atoms with Gasteiger partial charge in [0.25, 0.3) is 10.1 Å². The van der Waals surface area contributed by atoms with Crippen LogP contribution in [0.2, 0.25) is 36.3 Å². The normalized spacial score (nSPS) is 29.2. The molecule has 36 heavy (non-hydrogen) atoms. The van der Waals surface area contributed by atoms with Crippen molar-refractivity contribution in [2.45, 2.75) is 107 Å². The zero-order chi connectivity index (χ0) is 27.5. The molecule has 4 atom stereocenters. The van der Waals surface area contributed by atoms with Crippen LogP contribution < -0.4 is 5.73 Å². The molecule has 0 aliphatic carbocycles. The van der Waals surface area contributed by atoms with Gasteiger partial charge in [-0.2, -0.15) is 8.42 Å². The molecule has 1 fully saturated rings. The molecular formula is C22H41BrN4O6SSi2. The van der Waals surface area contributed by atoms with Gasteiger partial charge in [-0.05, 0) is 36.3 Å². The Morgan fingerprint density at radius 2 is 1.72 bits per heavy atom. The molecule has 10 nitrogen and oxygen atoms in total. The van der Waals surface area contributed by atoms with Crippen molar-refractivity contribution in [3.8, 4) is 0 Å². The van der Waals surface area contributed by atoms with E-state index in [0.29, 0.717) is 11.0 Å². The molecule has 1 spiro atoms. The number of rotatable bonds is 7. The molecule has 2 N–H and O–H groups in total. The van der Waals surface area contributed by atoms with Crippen LogP contribution in [0.4, 0.5) is 0 Å². The summed E-state index contributed by atoms with van der Waals surface area (Å²) in [5.41, 5.74) is 5.61. The van der Waals surface area contributed by atoms with Crippen LogP contribution in [0.15, 0.2) is 17.3 Å². The van der Waals surface area contributed by atoms with Crippen LogP contribution in [0, 0.1) is 0 Å². The first-order valence-corrected chi connectivity index (χ1v) is 20.4. The minimum atomic E-state index is -4.06. The van der Waals surface area contributed by atoms with E-state index in [-0.39, 0.29) is 22.4 Å². The van der Waals surface area contributed by atoms with Crippen LogP contribution in [0.1, 0.15) is 53.5 Å². The minimum Gasteiger partial charge on any atom is -0.414 e. The van der Waals surface area contributed by atoms with Gasteiger partial charge in [0.05, 0.1) is 29.6 Å². The van der Waals surface area contributed by atoms with E-state index in [1.807, 2.05) is 0 Å². The molecule has 1 aromatic rings. The lowest BCUT2D eigenvalue weighted by Crippen LogP contribution is -2.59. The summed E-state index contributed by atoms with van der Waals surface area (Å²) in [4.78, 5) is 0. The van der Waals surface area contributed by atoms with Gasteiger partial charge in [0.1, 0.15) is 12.2 Å². The Kier molecular flexibility index (Phi) is 7.93. The Morgan fingerprint density at radius 1 is 1.14 bits per heavy atom. The van der Waals surface area contributed by atoms with Crippen molar-refractivity contribution >= 4 is 42.7 Å². The summed E-state index contributed by atoms with van der Waals surface area (Å²) in [6.45, 7) is 21.3. The lowest BCUT2D eigenvalue weighted by atomic mass is 9.89. The third-order valence-corrected chi connectivity index (χ3v) is 18.6. The van der Waals surface area contributed by atoms with Gasteiger partial charge in [0, 0.05) is 5.33 Å². The van der Waals surface area contributed by atoms with Gasteiger partial charge in [0.15, 0.2) is 28.5 Å². The predicted octanol–water partition coefficient (Wildman–Crippen LogP) is 4.38. The maximum absolute atomic E-state index is 12.8. The van der Waals surface area contributed by atoms with E-state index in [0.717, 1.165) is 5.41 Å². The van der Waals surface area contributed by atoms with Gasteiger partial charge in [-0.25, -0.2) is 8.86 Å². The van der Waals surface area contributed by atoms with Gasteiger partial charge < -0.3 is 19.3 Å². The highest BCUT2D eigenvalue weighted by Gasteiger charge is 2.67. The lowest BCUT2D eigenvalue weighted by molar-refractivity contribution is -0.0595. The summed E-state index contributed by atoms with van der Waals surface area (Å²) < 4.78 is 52.8. The molecule has 14 heteroatoms. The summed E-state index contributed by atoms with van der Waals surface area (Å²) in [6, 6.07) is 0. The van der Waals surface area contributed by atoms with E-state index in [2.05, 4.69) is 94.0 Å². The predicted molar refractivity (Wildman–Crippen MR) is 147 cm³/mol. The fourth-order valence-electron chi connectivity index (χ4n) is 3.70. The highest BCUT2D eigenvalue weighted by molar-refractivity contribution is 9.08. The Bertz CT molecular complexity index is 1110. The lowest BCUT2D eigenvalue weighted by Gasteiger charge is -2.43. The molecule has 0 amide bonds. The van der Waals surface area contributed by atoms with Crippen molar-refractivity contribution in [1.29, 1.82) is 0 Å². The first kappa shape index (κ1) is 29.9. The van der Waals surface area contributed by atoms with Crippen molar-refractivity contribution in [3.63, 3.8) is 0 Å². The maximum Gasteiger partial charge on any atom is 0.292 e. The van der Waals surface area contributed by atoms with E-state index < -0.39 is 50.8 Å². The Labute approximate surface area is 225 Å². The highest BCUT2D eigenvalue weighted by atomic mass is 79.9. The van der Waals surface area contributed by atoms with Crippen LogP contribution in [0.3, 0.4) is 0 Å². The quantitative estimate of drug-likeness (QED) is 0.267. The van der Waals surface area contributed by atoms with Crippen molar-refractivity contribution < 1.29 is 26.2 Å². The molecule has 2 aliphatic heterocycles. The third kappa shape index (κ3) is 5.42. The Balaban J connectivity index is 2.14. The third-order valence-electron chi connectivity index (χ3n) is 8.03. The van der Waals surface area contributed by atoms with Gasteiger partial charge in [0.2, 0.25) is 0 Å². The average Bonchev–Trinajstić information content (AvgIpc) is 3.34. The second-order valence-corrected chi connectivity index (χ2v) is 24.2. The molecule has 3 heterocycles. The number of aromatic nitrogens is 3. The summed E-state index contributed by atoms with van der Waals surface area (Å²) in [5, 5.41) is 9.67. The molecule has 1 aromatic heterocycles. The molecule has 0 bridgehead atoms. The molecule has 0 saturated carbocycles. The fourth-order valence-corrected chi connectivity index (χ4v) is 7.47. The fraction of sp³-hybridized carbons (Fsp3) is 0.818. The van der Waals surface area contributed by atoms with Crippen molar-refractivity contribution in [1.82, 2.24) is 15.0 Å². The average molecular weight is 626 g/mol. The van der Waals surface area contributed by atoms with Crippen LogP contribution in [0.5, 0.6) is 0 Å². The topological polar surface area (TPSA) is 128 Å². The summed E-state index contributed by atoms with van der Waals surface area (Å²) in [6.07, 6.45) is -0.829. The molecule has 2 aliphatic rings. The zero-order valence-corrected chi connectivity index (χ0v) is 27.4. The largest absolute Gasteiger partial charge is 0.414 e. The number of hydrogen-bond donors (Lipinski definition) is 1. The van der Waals surface area contributed by atoms with Crippen LogP contribution in [-0.2, 0) is 33.2 Å². The van der Waals surface area contributed by atoms with Gasteiger partial charge in [-0.3, -0.25) is 0 Å². The molecule has 3 rings (SSSR count). The Hall–Kier alpha value is -0.616. The van der Waals surface area contributed by atoms with Gasteiger partial charge in [-0.15, -0.1) is 5.10 Å². The smallest absolute Gasteiger partial charge is 0.292 e. The minimum absolute atomic E-state index is 0.0402. The highest BCUT2D eigenvalue weighted by Crippen LogP contribution is 2.52. The number of alkyl halides is 1. The number of nitrogens with zero attached hydrogens (tertiary/aromatic N) is 3. The van der Waals surface area contributed by atoms with Crippen LogP contribution in [0.25, 0.3) is 0 Å². The standard InChI is InChI=1S/C22H41BrN4O6SSi2/c1-20(2,3)35(7,8)30-13-17-22(16(24)14-34(28,29)33-22)18(32-36(9,10)21(4,5)6)19(31-17)27-12-15(11-23)25-26-27/h12,14,17-19H,11,13,24H2,1-10H3/t17?,18-,19+,22?/m0/s1. The second-order valence-electron chi connectivity index (χ2n) is 12.7. The van der Waals surface area contributed by atoms with Crippen molar-refractivity contribution in [2.75, 3.05) is 6.61 Å². The van der Waals surface area contributed by atoms with E-state index in [1.54, 1.807) is 10.9 Å². The van der Waals surface area contributed by atoms with Crippen LogP contribution in [-0.4, -0.2) is 64.5 Å². The van der Waals surface area contributed by atoms with E-state index >= 15 is 0 Å². The number of halogens is 1. The second kappa shape index (κ2) is 9.54. The zero-order valence-electron chi connectivity index (χ0n) is 23.0. The van der Waals surface area contributed by atoms with E-state index in [9.17, 15) is 8.42 Å². The van der Waals surface area contributed by atoms with Crippen molar-refractivity contribution in [3.05, 3.63) is 23.0 Å². The van der Waals surface area contributed by atoms with E-state index in [4.69, 9.17) is 23.5 Å². The molecule has 2 unspecified atom stereocenters. The summed E-state index contributed by atoms with van der Waals surface area (Å²) in [5.74, 6) is 0. The maximum atomic E-state index is 12.8. The van der Waals surface area contributed by atoms with Gasteiger partial charge in [-0.1, -0.05) is 62.7 Å². The molecule has 0 aromatic carbocycles. The molecular weight excluding hydrogens is 584 g/mol.